The van der Waals surface area contributed by atoms with Crippen molar-refractivity contribution in [1.29, 1.82) is 0 Å². The predicted octanol–water partition coefficient (Wildman–Crippen LogP) is 2.82. The van der Waals surface area contributed by atoms with Crippen LogP contribution in [-0.2, 0) is 11.3 Å². The van der Waals surface area contributed by atoms with Gasteiger partial charge in [0.25, 0.3) is 5.69 Å². The minimum absolute atomic E-state index is 0.128. The first-order chi connectivity index (χ1) is 11.6. The van der Waals surface area contributed by atoms with E-state index < -0.39 is 0 Å². The monoisotopic (exact) mass is 331 g/mol. The molecular formula is C18H25N3O3. The maximum atomic E-state index is 12.6. The summed E-state index contributed by atoms with van der Waals surface area (Å²) in [6.07, 6.45) is 5.49. The molecule has 0 bridgehead atoms. The molecule has 1 aromatic rings. The van der Waals surface area contributed by atoms with Gasteiger partial charge in [-0.1, -0.05) is 25.0 Å². The van der Waals surface area contributed by atoms with Gasteiger partial charge in [-0.05, 0) is 24.8 Å². The molecule has 1 aromatic carbocycles. The number of benzene rings is 1. The first-order valence-corrected chi connectivity index (χ1v) is 8.88. The fourth-order valence-electron chi connectivity index (χ4n) is 3.76. The second-order valence-corrected chi connectivity index (χ2v) is 6.86. The van der Waals surface area contributed by atoms with Crippen molar-refractivity contribution in [2.75, 3.05) is 26.2 Å². The minimum atomic E-state index is -0.373. The molecule has 0 N–H and O–H groups in total. The Hall–Kier alpha value is -1.95. The first kappa shape index (κ1) is 16.9. The second-order valence-electron chi connectivity index (χ2n) is 6.86. The first-order valence-electron chi connectivity index (χ1n) is 8.88. The number of nitrogens with zero attached hydrogens (tertiary/aromatic N) is 3. The fourth-order valence-corrected chi connectivity index (χ4v) is 3.76. The summed E-state index contributed by atoms with van der Waals surface area (Å²) in [5.41, 5.74) is 1.21. The molecule has 0 atom stereocenters. The Morgan fingerprint density at radius 2 is 1.75 bits per heavy atom. The highest BCUT2D eigenvalue weighted by molar-refractivity contribution is 5.79. The molecule has 0 unspecified atom stereocenters. The molecule has 0 spiro atoms. The smallest absolute Gasteiger partial charge is 0.269 e. The summed E-state index contributed by atoms with van der Waals surface area (Å²) in [5.74, 6) is 0.607. The largest absolute Gasteiger partial charge is 0.341 e. The molecule has 1 saturated heterocycles. The van der Waals surface area contributed by atoms with Crippen molar-refractivity contribution < 1.29 is 9.72 Å². The number of amides is 1. The molecule has 3 rings (SSSR count). The van der Waals surface area contributed by atoms with Crippen LogP contribution in [0, 0.1) is 16.0 Å². The van der Waals surface area contributed by atoms with Crippen LogP contribution in [0.15, 0.2) is 24.3 Å². The Bertz CT molecular complexity index is 582. The molecule has 1 saturated carbocycles. The van der Waals surface area contributed by atoms with Crippen LogP contribution in [0.3, 0.4) is 0 Å². The zero-order valence-electron chi connectivity index (χ0n) is 14.0. The predicted molar refractivity (Wildman–Crippen MR) is 91.5 cm³/mol. The number of carbonyl (C=O) groups is 1. The zero-order valence-corrected chi connectivity index (χ0v) is 14.0. The number of non-ortho nitro benzene ring substituents is 1. The Balaban J connectivity index is 1.53. The van der Waals surface area contributed by atoms with Crippen molar-refractivity contribution in [3.8, 4) is 0 Å². The van der Waals surface area contributed by atoms with Gasteiger partial charge in [0.2, 0.25) is 5.91 Å². The number of rotatable bonds is 4. The topological polar surface area (TPSA) is 66.7 Å². The molecule has 1 aliphatic carbocycles. The third kappa shape index (κ3) is 4.12. The summed E-state index contributed by atoms with van der Waals surface area (Å²) in [4.78, 5) is 27.3. The highest BCUT2D eigenvalue weighted by Crippen LogP contribution is 2.27. The number of carbonyl (C=O) groups excluding carboxylic acids is 1. The van der Waals surface area contributed by atoms with E-state index in [0.717, 1.165) is 57.5 Å². The molecule has 24 heavy (non-hydrogen) atoms. The molecule has 2 aliphatic rings. The fraction of sp³-hybridized carbons (Fsp3) is 0.611. The Labute approximate surface area is 142 Å². The summed E-state index contributed by atoms with van der Waals surface area (Å²) < 4.78 is 0. The van der Waals surface area contributed by atoms with Gasteiger partial charge in [0.1, 0.15) is 0 Å². The molecule has 2 fully saturated rings. The second kappa shape index (κ2) is 7.75. The van der Waals surface area contributed by atoms with Crippen molar-refractivity contribution >= 4 is 11.6 Å². The Kier molecular flexibility index (Phi) is 5.45. The van der Waals surface area contributed by atoms with Crippen LogP contribution < -0.4 is 0 Å². The number of hydrogen-bond donors (Lipinski definition) is 0. The van der Waals surface area contributed by atoms with Crippen molar-refractivity contribution in [3.63, 3.8) is 0 Å². The highest BCUT2D eigenvalue weighted by Gasteiger charge is 2.28. The Morgan fingerprint density at radius 3 is 2.42 bits per heavy atom. The number of nitro groups is 1. The average molecular weight is 331 g/mol. The molecule has 1 amide bonds. The van der Waals surface area contributed by atoms with E-state index in [4.69, 9.17) is 0 Å². The molecule has 130 valence electrons. The van der Waals surface area contributed by atoms with Crippen LogP contribution in [0.1, 0.15) is 37.7 Å². The SMILES string of the molecule is O=C(C1CCCC1)N1CCCN(Cc2ccc([N+](=O)[O-])cc2)CC1. The van der Waals surface area contributed by atoms with E-state index in [1.165, 1.54) is 12.8 Å². The molecule has 6 nitrogen and oxygen atoms in total. The van der Waals surface area contributed by atoms with Gasteiger partial charge < -0.3 is 4.90 Å². The Morgan fingerprint density at radius 1 is 1.04 bits per heavy atom. The van der Waals surface area contributed by atoms with E-state index in [-0.39, 0.29) is 16.5 Å². The van der Waals surface area contributed by atoms with Crippen LogP contribution in [0.25, 0.3) is 0 Å². The third-order valence-electron chi connectivity index (χ3n) is 5.16. The van der Waals surface area contributed by atoms with Gasteiger partial charge in [-0.15, -0.1) is 0 Å². The lowest BCUT2D eigenvalue weighted by molar-refractivity contribution is -0.384. The third-order valence-corrected chi connectivity index (χ3v) is 5.16. The van der Waals surface area contributed by atoms with E-state index in [2.05, 4.69) is 4.90 Å². The molecule has 1 heterocycles. The van der Waals surface area contributed by atoms with Gasteiger partial charge in [0, 0.05) is 50.8 Å². The summed E-state index contributed by atoms with van der Waals surface area (Å²) in [7, 11) is 0. The molecule has 0 radical (unpaired) electrons. The number of nitro benzene ring substituents is 1. The van der Waals surface area contributed by atoms with Gasteiger partial charge >= 0.3 is 0 Å². The number of hydrogen-bond acceptors (Lipinski definition) is 4. The van der Waals surface area contributed by atoms with Crippen molar-refractivity contribution in [3.05, 3.63) is 39.9 Å². The molecule has 6 heteroatoms. The van der Waals surface area contributed by atoms with Gasteiger partial charge in [-0.25, -0.2) is 0 Å². The lowest BCUT2D eigenvalue weighted by atomic mass is 10.1. The summed E-state index contributed by atoms with van der Waals surface area (Å²) in [6, 6.07) is 6.76. The molecular weight excluding hydrogens is 306 g/mol. The lowest BCUT2D eigenvalue weighted by Gasteiger charge is -2.24. The van der Waals surface area contributed by atoms with Gasteiger partial charge in [-0.3, -0.25) is 19.8 Å². The maximum Gasteiger partial charge on any atom is 0.269 e. The maximum absolute atomic E-state index is 12.6. The quantitative estimate of drug-likeness (QED) is 0.628. The van der Waals surface area contributed by atoms with Crippen LogP contribution in [0.5, 0.6) is 0 Å². The van der Waals surface area contributed by atoms with E-state index in [1.807, 2.05) is 17.0 Å². The standard InChI is InChI=1S/C18H25N3O3/c22-18(16-4-1-2-5-16)20-11-3-10-19(12-13-20)14-15-6-8-17(9-7-15)21(23)24/h6-9,16H,1-5,10-14H2. The van der Waals surface area contributed by atoms with Crippen molar-refractivity contribution in [1.82, 2.24) is 9.80 Å². The van der Waals surface area contributed by atoms with E-state index in [1.54, 1.807) is 12.1 Å². The van der Waals surface area contributed by atoms with Crippen molar-refractivity contribution in [2.45, 2.75) is 38.6 Å². The average Bonchev–Trinajstić information content (AvgIpc) is 3.02. The lowest BCUT2D eigenvalue weighted by Crippen LogP contribution is -2.38. The van der Waals surface area contributed by atoms with E-state index in [9.17, 15) is 14.9 Å². The zero-order chi connectivity index (χ0) is 16.9. The minimum Gasteiger partial charge on any atom is -0.341 e. The molecule has 0 aromatic heterocycles. The van der Waals surface area contributed by atoms with Gasteiger partial charge in [0.05, 0.1) is 4.92 Å². The van der Waals surface area contributed by atoms with Crippen molar-refractivity contribution in [2.24, 2.45) is 5.92 Å². The van der Waals surface area contributed by atoms with Crippen LogP contribution in [0.2, 0.25) is 0 Å². The van der Waals surface area contributed by atoms with Crippen LogP contribution >= 0.6 is 0 Å². The highest BCUT2D eigenvalue weighted by atomic mass is 16.6. The summed E-state index contributed by atoms with van der Waals surface area (Å²) in [5, 5.41) is 10.7. The summed E-state index contributed by atoms with van der Waals surface area (Å²) >= 11 is 0. The molecule has 1 aliphatic heterocycles. The van der Waals surface area contributed by atoms with Crippen LogP contribution in [0.4, 0.5) is 5.69 Å². The summed E-state index contributed by atoms with van der Waals surface area (Å²) in [6.45, 7) is 4.26. The van der Waals surface area contributed by atoms with Gasteiger partial charge in [0.15, 0.2) is 0 Å². The normalized spacial score (nSPS) is 20.1. The van der Waals surface area contributed by atoms with Crippen LogP contribution in [-0.4, -0.2) is 46.8 Å². The van der Waals surface area contributed by atoms with E-state index >= 15 is 0 Å². The van der Waals surface area contributed by atoms with E-state index in [0.29, 0.717) is 5.91 Å². The van der Waals surface area contributed by atoms with Gasteiger partial charge in [-0.2, -0.15) is 0 Å².